The number of rotatable bonds is 77. The lowest BCUT2D eigenvalue weighted by Crippen LogP contribution is -2.30. The van der Waals surface area contributed by atoms with Crippen molar-refractivity contribution in [1.82, 2.24) is 0 Å². The highest BCUT2D eigenvalue weighted by Crippen LogP contribution is 2.45. The molecular formula is C78H148O17P2. The van der Waals surface area contributed by atoms with Crippen LogP contribution in [0.3, 0.4) is 0 Å². The van der Waals surface area contributed by atoms with Crippen LogP contribution in [-0.4, -0.2) is 96.7 Å². The van der Waals surface area contributed by atoms with Crippen LogP contribution in [0.4, 0.5) is 0 Å². The summed E-state index contributed by atoms with van der Waals surface area (Å²) >= 11 is 0. The first-order chi connectivity index (χ1) is 47.2. The number of phosphoric acid groups is 2. The first-order valence-corrected chi connectivity index (χ1v) is 43.1. The topological polar surface area (TPSA) is 237 Å². The zero-order chi connectivity index (χ0) is 71.1. The zero-order valence-electron chi connectivity index (χ0n) is 62.5. The molecule has 0 fully saturated rings. The van der Waals surface area contributed by atoms with Gasteiger partial charge in [0.05, 0.1) is 26.4 Å². The molecule has 0 heterocycles. The van der Waals surface area contributed by atoms with E-state index in [4.69, 9.17) is 37.0 Å². The Morgan fingerprint density at radius 2 is 0.495 bits per heavy atom. The molecule has 0 radical (unpaired) electrons. The maximum Gasteiger partial charge on any atom is 0.472 e. The summed E-state index contributed by atoms with van der Waals surface area (Å²) in [6.45, 7) is 4.92. The molecule has 0 saturated heterocycles. The van der Waals surface area contributed by atoms with Gasteiger partial charge in [-0.05, 0) is 51.4 Å². The Bertz CT molecular complexity index is 1940. The first kappa shape index (κ1) is 94.5. The van der Waals surface area contributed by atoms with Crippen LogP contribution >= 0.6 is 15.6 Å². The molecule has 572 valence electrons. The summed E-state index contributed by atoms with van der Waals surface area (Å²) in [4.78, 5) is 72.8. The predicted molar refractivity (Wildman–Crippen MR) is 395 cm³/mol. The minimum absolute atomic E-state index is 0.102. The summed E-state index contributed by atoms with van der Waals surface area (Å²) in [7, 11) is -9.92. The van der Waals surface area contributed by atoms with Crippen molar-refractivity contribution in [3.8, 4) is 0 Å². The SMILES string of the molecule is CCCCCC/C=C\C=C/CCCCCCCC(=O)OC[C@H](COP(=O)(O)OC[C@@H](O)COP(=O)(O)OC[C@@H](COC(=O)CCCCCCCCCCC)OC(=O)CCCCCCCCCCCCCCC)OC(=O)CCCCCCCCCCCCCCCCCCCCCC. The van der Waals surface area contributed by atoms with Crippen molar-refractivity contribution < 1.29 is 80.2 Å². The van der Waals surface area contributed by atoms with Crippen LogP contribution in [0.5, 0.6) is 0 Å². The third-order valence-electron chi connectivity index (χ3n) is 17.7. The van der Waals surface area contributed by atoms with E-state index < -0.39 is 97.5 Å². The molecule has 0 aromatic heterocycles. The van der Waals surface area contributed by atoms with Crippen LogP contribution in [0.15, 0.2) is 24.3 Å². The fraction of sp³-hybridized carbons (Fsp3) is 0.897. The van der Waals surface area contributed by atoms with Crippen molar-refractivity contribution in [2.45, 2.75) is 412 Å². The van der Waals surface area contributed by atoms with E-state index in [0.717, 1.165) is 109 Å². The molecule has 0 rings (SSSR count). The van der Waals surface area contributed by atoms with Crippen LogP contribution < -0.4 is 0 Å². The molecule has 19 heteroatoms. The van der Waals surface area contributed by atoms with E-state index in [9.17, 15) is 43.2 Å². The van der Waals surface area contributed by atoms with Crippen LogP contribution in [-0.2, 0) is 65.4 Å². The molecule has 0 aliphatic rings. The van der Waals surface area contributed by atoms with E-state index >= 15 is 0 Å². The van der Waals surface area contributed by atoms with Gasteiger partial charge >= 0.3 is 39.5 Å². The van der Waals surface area contributed by atoms with E-state index in [1.807, 2.05) is 0 Å². The van der Waals surface area contributed by atoms with Crippen LogP contribution in [0.1, 0.15) is 394 Å². The number of ether oxygens (including phenoxy) is 4. The molecule has 0 aliphatic heterocycles. The van der Waals surface area contributed by atoms with Gasteiger partial charge in [-0.3, -0.25) is 37.3 Å². The molecule has 3 N–H and O–H groups in total. The Balaban J connectivity index is 5.24. The predicted octanol–water partition coefficient (Wildman–Crippen LogP) is 23.0. The highest BCUT2D eigenvalue weighted by atomic mass is 31.2. The largest absolute Gasteiger partial charge is 0.472 e. The zero-order valence-corrected chi connectivity index (χ0v) is 64.3. The quantitative estimate of drug-likeness (QED) is 0.0169. The normalized spacial score (nSPS) is 14.0. The molecule has 0 amide bonds. The molecular weight excluding hydrogens is 1270 g/mol. The van der Waals surface area contributed by atoms with Gasteiger partial charge in [-0.25, -0.2) is 9.13 Å². The van der Waals surface area contributed by atoms with Crippen LogP contribution in [0.25, 0.3) is 0 Å². The van der Waals surface area contributed by atoms with Gasteiger partial charge in [-0.2, -0.15) is 0 Å². The summed E-state index contributed by atoms with van der Waals surface area (Å²) in [5.41, 5.74) is 0. The van der Waals surface area contributed by atoms with Crippen molar-refractivity contribution in [2.75, 3.05) is 39.6 Å². The summed E-state index contributed by atoms with van der Waals surface area (Å²) in [5.74, 6) is -2.14. The Labute approximate surface area is 592 Å². The molecule has 0 spiro atoms. The molecule has 0 saturated carbocycles. The second-order valence-corrected chi connectivity index (χ2v) is 30.3. The highest BCUT2D eigenvalue weighted by Gasteiger charge is 2.30. The number of carbonyl (C=O) groups is 4. The Kier molecular flexibility index (Phi) is 70.1. The summed E-state index contributed by atoms with van der Waals surface area (Å²) in [6.07, 6.45) is 66.0. The molecule has 0 aromatic rings. The second-order valence-electron chi connectivity index (χ2n) is 27.4. The van der Waals surface area contributed by atoms with Crippen molar-refractivity contribution in [2.24, 2.45) is 0 Å². The number of esters is 4. The first-order valence-electron chi connectivity index (χ1n) is 40.1. The number of carbonyl (C=O) groups excluding carboxylic acids is 4. The lowest BCUT2D eigenvalue weighted by molar-refractivity contribution is -0.161. The van der Waals surface area contributed by atoms with Crippen molar-refractivity contribution in [3.05, 3.63) is 24.3 Å². The molecule has 17 nitrogen and oxygen atoms in total. The van der Waals surface area contributed by atoms with Gasteiger partial charge in [0.15, 0.2) is 12.2 Å². The van der Waals surface area contributed by atoms with E-state index in [0.29, 0.717) is 25.7 Å². The van der Waals surface area contributed by atoms with E-state index in [2.05, 4.69) is 52.0 Å². The number of aliphatic hydroxyl groups excluding tert-OH is 1. The van der Waals surface area contributed by atoms with E-state index in [-0.39, 0.29) is 25.7 Å². The third-order valence-corrected chi connectivity index (χ3v) is 19.6. The Hall–Kier alpha value is -2.46. The van der Waals surface area contributed by atoms with Crippen LogP contribution in [0.2, 0.25) is 0 Å². The minimum Gasteiger partial charge on any atom is -0.462 e. The molecule has 0 aromatic carbocycles. The smallest absolute Gasteiger partial charge is 0.462 e. The molecule has 5 atom stereocenters. The molecule has 97 heavy (non-hydrogen) atoms. The Morgan fingerprint density at radius 3 is 0.753 bits per heavy atom. The summed E-state index contributed by atoms with van der Waals surface area (Å²) in [5, 5.41) is 10.6. The van der Waals surface area contributed by atoms with Gasteiger partial charge in [0.2, 0.25) is 0 Å². The van der Waals surface area contributed by atoms with Crippen molar-refractivity contribution >= 4 is 39.5 Å². The average Bonchev–Trinajstić information content (AvgIpc) is 2.00. The highest BCUT2D eigenvalue weighted by molar-refractivity contribution is 7.47. The third kappa shape index (κ3) is 71.7. The number of aliphatic hydroxyl groups is 1. The van der Waals surface area contributed by atoms with Gasteiger partial charge in [0.1, 0.15) is 19.3 Å². The van der Waals surface area contributed by atoms with E-state index in [1.54, 1.807) is 0 Å². The van der Waals surface area contributed by atoms with Gasteiger partial charge in [0, 0.05) is 25.7 Å². The summed E-state index contributed by atoms with van der Waals surface area (Å²) < 4.78 is 68.5. The summed E-state index contributed by atoms with van der Waals surface area (Å²) in [6, 6.07) is 0. The lowest BCUT2D eigenvalue weighted by atomic mass is 10.0. The fourth-order valence-electron chi connectivity index (χ4n) is 11.6. The van der Waals surface area contributed by atoms with Gasteiger partial charge < -0.3 is 33.8 Å². The number of hydrogen-bond donors (Lipinski definition) is 3. The number of allylic oxidation sites excluding steroid dienone is 4. The monoisotopic (exact) mass is 1420 g/mol. The van der Waals surface area contributed by atoms with E-state index in [1.165, 1.54) is 205 Å². The van der Waals surface area contributed by atoms with Gasteiger partial charge in [-0.15, -0.1) is 0 Å². The molecule has 0 aliphatic carbocycles. The standard InChI is InChI=1S/C78H148O17P2/c1-5-9-13-17-21-25-28-31-33-34-35-36-37-39-42-45-49-53-57-61-65-78(83)95-74(69-89-76(81)63-59-55-51-47-43-41-38-32-29-26-22-18-14-10-6-2)71-93-97(86,87)91-67-72(79)66-90-96(84,85)92-70-73(68-88-75(80)62-58-54-50-46-24-20-16-12-8-4)94-77(82)64-60-56-52-48-44-40-30-27-23-19-15-11-7-3/h26,29,32,38,72-74,79H,5-25,27-28,30-31,33-37,39-71H2,1-4H3,(H,84,85)(H,86,87)/b29-26-,38-32-/t72-,73+,74+/m0/s1. The van der Waals surface area contributed by atoms with Crippen molar-refractivity contribution in [3.63, 3.8) is 0 Å². The lowest BCUT2D eigenvalue weighted by Gasteiger charge is -2.21. The number of hydrogen-bond acceptors (Lipinski definition) is 15. The average molecular weight is 1420 g/mol. The maximum absolute atomic E-state index is 13.1. The number of phosphoric ester groups is 2. The van der Waals surface area contributed by atoms with Gasteiger partial charge in [0.25, 0.3) is 0 Å². The van der Waals surface area contributed by atoms with Crippen LogP contribution in [0, 0.1) is 0 Å². The van der Waals surface area contributed by atoms with Crippen molar-refractivity contribution in [1.29, 1.82) is 0 Å². The Morgan fingerprint density at radius 1 is 0.289 bits per heavy atom. The maximum atomic E-state index is 13.1. The van der Waals surface area contributed by atoms with Gasteiger partial charge in [-0.1, -0.05) is 341 Å². The minimum atomic E-state index is -4.96. The fourth-order valence-corrected chi connectivity index (χ4v) is 13.1. The molecule has 2 unspecified atom stereocenters. The number of unbranched alkanes of at least 4 members (excludes halogenated alkanes) is 48. The second kappa shape index (κ2) is 71.9. The molecule has 0 bridgehead atoms.